The number of amides is 1. The van der Waals surface area contributed by atoms with E-state index in [4.69, 9.17) is 0 Å². The second kappa shape index (κ2) is 7.10. The van der Waals surface area contributed by atoms with E-state index in [0.717, 1.165) is 56.8 Å². The van der Waals surface area contributed by atoms with Crippen molar-refractivity contribution in [3.63, 3.8) is 0 Å². The Balaban J connectivity index is 1.56. The van der Waals surface area contributed by atoms with Crippen molar-refractivity contribution in [2.24, 2.45) is 22.2 Å². The van der Waals surface area contributed by atoms with Gasteiger partial charge in [-0.15, -0.1) is 0 Å². The molecule has 0 bridgehead atoms. The summed E-state index contributed by atoms with van der Waals surface area (Å²) in [6.45, 7) is 6.26. The molecule has 0 aromatic heterocycles. The first-order valence-corrected chi connectivity index (χ1v) is 9.34. The molecular formula is C18H32N4O. The van der Waals surface area contributed by atoms with E-state index in [1.807, 2.05) is 7.05 Å². The minimum absolute atomic E-state index is 0.130. The summed E-state index contributed by atoms with van der Waals surface area (Å²) >= 11 is 0. The number of hydrogen-bond donors (Lipinski definition) is 2. The van der Waals surface area contributed by atoms with Crippen molar-refractivity contribution < 1.29 is 4.79 Å². The van der Waals surface area contributed by atoms with Crippen molar-refractivity contribution in [3.05, 3.63) is 0 Å². The van der Waals surface area contributed by atoms with Crippen LogP contribution in [-0.2, 0) is 4.79 Å². The molecule has 1 saturated carbocycles. The Morgan fingerprint density at radius 3 is 2.91 bits per heavy atom. The fraction of sp³-hybridized carbons (Fsp3) is 0.889. The molecule has 2 saturated heterocycles. The van der Waals surface area contributed by atoms with Gasteiger partial charge in [-0.3, -0.25) is 9.79 Å². The van der Waals surface area contributed by atoms with Gasteiger partial charge in [-0.05, 0) is 31.1 Å². The van der Waals surface area contributed by atoms with E-state index < -0.39 is 0 Å². The molecule has 2 heterocycles. The first-order valence-electron chi connectivity index (χ1n) is 9.34. The summed E-state index contributed by atoms with van der Waals surface area (Å²) in [5, 5.41) is 6.65. The van der Waals surface area contributed by atoms with Crippen LogP contribution in [0.1, 0.15) is 51.9 Å². The molecule has 3 rings (SSSR count). The summed E-state index contributed by atoms with van der Waals surface area (Å²) in [6, 6.07) is 0. The number of hydrogen-bond acceptors (Lipinski definition) is 2. The minimum atomic E-state index is 0.130. The van der Waals surface area contributed by atoms with Gasteiger partial charge in [-0.25, -0.2) is 0 Å². The third kappa shape index (κ3) is 3.81. The van der Waals surface area contributed by atoms with Gasteiger partial charge < -0.3 is 15.5 Å². The molecule has 0 aromatic rings. The maximum Gasteiger partial charge on any atom is 0.220 e. The zero-order chi connectivity index (χ0) is 16.3. The van der Waals surface area contributed by atoms with Crippen molar-refractivity contribution in [3.8, 4) is 0 Å². The normalized spacial score (nSPS) is 35.5. The van der Waals surface area contributed by atoms with Gasteiger partial charge in [0.05, 0.1) is 0 Å². The van der Waals surface area contributed by atoms with Gasteiger partial charge in [0.25, 0.3) is 0 Å². The van der Waals surface area contributed by atoms with Crippen molar-refractivity contribution in [2.75, 3.05) is 33.2 Å². The van der Waals surface area contributed by atoms with E-state index in [-0.39, 0.29) is 11.3 Å². The zero-order valence-electron chi connectivity index (χ0n) is 14.7. The molecule has 0 aromatic carbocycles. The number of carbonyl (C=O) groups is 1. The van der Waals surface area contributed by atoms with Crippen LogP contribution in [-0.4, -0.2) is 50.0 Å². The van der Waals surface area contributed by atoms with Gasteiger partial charge in [0.2, 0.25) is 5.91 Å². The summed E-state index contributed by atoms with van der Waals surface area (Å²) in [5.41, 5.74) is 0.130. The molecule has 3 aliphatic rings. The molecule has 2 N–H and O–H groups in total. The number of nitrogens with one attached hydrogen (secondary N) is 2. The van der Waals surface area contributed by atoms with Crippen LogP contribution < -0.4 is 10.6 Å². The third-order valence-corrected chi connectivity index (χ3v) is 6.18. The van der Waals surface area contributed by atoms with Crippen LogP contribution >= 0.6 is 0 Å². The standard InChI is InChI=1S/C18H32N4O/c1-14-6-3-4-7-15(14)11-20-17(19-2)22-9-5-8-18(13-22)10-16(23)21-12-18/h14-15H,3-13H2,1-2H3,(H,19,20)(H,21,23). The Hall–Kier alpha value is -1.26. The Morgan fingerprint density at radius 1 is 1.39 bits per heavy atom. The molecule has 130 valence electrons. The van der Waals surface area contributed by atoms with Crippen LogP contribution in [0.3, 0.4) is 0 Å². The quantitative estimate of drug-likeness (QED) is 0.604. The SMILES string of the molecule is CN=C(NCC1CCCCC1C)N1CCCC2(CNC(=O)C2)C1. The molecule has 3 unspecified atom stereocenters. The maximum absolute atomic E-state index is 11.7. The summed E-state index contributed by atoms with van der Waals surface area (Å²) in [7, 11) is 1.88. The molecule has 3 fully saturated rings. The number of guanidine groups is 1. The van der Waals surface area contributed by atoms with Gasteiger partial charge in [0.1, 0.15) is 0 Å². The van der Waals surface area contributed by atoms with Crippen LogP contribution in [0.2, 0.25) is 0 Å². The summed E-state index contributed by atoms with van der Waals surface area (Å²) in [4.78, 5) is 18.5. The van der Waals surface area contributed by atoms with Crippen LogP contribution in [0.4, 0.5) is 0 Å². The predicted molar refractivity (Wildman–Crippen MR) is 93.4 cm³/mol. The van der Waals surface area contributed by atoms with E-state index in [2.05, 4.69) is 27.4 Å². The Kier molecular flexibility index (Phi) is 5.12. The number of nitrogens with zero attached hydrogens (tertiary/aromatic N) is 2. The van der Waals surface area contributed by atoms with Crippen molar-refractivity contribution in [2.45, 2.75) is 51.9 Å². The molecule has 5 nitrogen and oxygen atoms in total. The lowest BCUT2D eigenvalue weighted by Gasteiger charge is -2.41. The highest BCUT2D eigenvalue weighted by Crippen LogP contribution is 2.36. The number of piperidine rings is 1. The second-order valence-corrected chi connectivity index (χ2v) is 7.93. The largest absolute Gasteiger partial charge is 0.356 e. The van der Waals surface area contributed by atoms with E-state index in [9.17, 15) is 4.79 Å². The molecule has 23 heavy (non-hydrogen) atoms. The number of carbonyl (C=O) groups excluding carboxylic acids is 1. The van der Waals surface area contributed by atoms with Crippen molar-refractivity contribution in [1.29, 1.82) is 0 Å². The Morgan fingerprint density at radius 2 is 2.22 bits per heavy atom. The average molecular weight is 320 g/mol. The van der Waals surface area contributed by atoms with Gasteiger partial charge in [-0.1, -0.05) is 26.2 Å². The molecule has 2 aliphatic heterocycles. The first-order chi connectivity index (χ1) is 11.1. The number of likely N-dealkylation sites (tertiary alicyclic amines) is 1. The molecule has 3 atom stereocenters. The minimum Gasteiger partial charge on any atom is -0.356 e. The highest BCUT2D eigenvalue weighted by Gasteiger charge is 2.42. The van der Waals surface area contributed by atoms with E-state index >= 15 is 0 Å². The van der Waals surface area contributed by atoms with E-state index in [1.165, 1.54) is 25.7 Å². The topological polar surface area (TPSA) is 56.7 Å². The number of aliphatic imine (C=N–C) groups is 1. The predicted octanol–water partition coefficient (Wildman–Crippen LogP) is 1.99. The van der Waals surface area contributed by atoms with E-state index in [0.29, 0.717) is 6.42 Å². The lowest BCUT2D eigenvalue weighted by atomic mass is 9.79. The summed E-state index contributed by atoms with van der Waals surface area (Å²) in [6.07, 6.45) is 8.45. The fourth-order valence-corrected chi connectivity index (χ4v) is 4.68. The summed E-state index contributed by atoms with van der Waals surface area (Å²) in [5.74, 6) is 2.83. The molecule has 0 radical (unpaired) electrons. The Bertz CT molecular complexity index is 464. The number of rotatable bonds is 2. The van der Waals surface area contributed by atoms with Crippen LogP contribution in [0.5, 0.6) is 0 Å². The van der Waals surface area contributed by atoms with Gasteiger partial charge in [0.15, 0.2) is 5.96 Å². The van der Waals surface area contributed by atoms with Crippen molar-refractivity contribution >= 4 is 11.9 Å². The van der Waals surface area contributed by atoms with Crippen LogP contribution in [0.25, 0.3) is 0 Å². The van der Waals surface area contributed by atoms with Gasteiger partial charge in [0, 0.05) is 45.1 Å². The molecule has 1 spiro atoms. The average Bonchev–Trinajstić information content (AvgIpc) is 2.90. The van der Waals surface area contributed by atoms with Crippen LogP contribution in [0.15, 0.2) is 4.99 Å². The summed E-state index contributed by atoms with van der Waals surface area (Å²) < 4.78 is 0. The molecule has 5 heteroatoms. The van der Waals surface area contributed by atoms with Crippen molar-refractivity contribution in [1.82, 2.24) is 15.5 Å². The lowest BCUT2D eigenvalue weighted by Crippen LogP contribution is -2.52. The molecule has 1 amide bonds. The van der Waals surface area contributed by atoms with Gasteiger partial charge in [-0.2, -0.15) is 0 Å². The monoisotopic (exact) mass is 320 g/mol. The molecule has 1 aliphatic carbocycles. The highest BCUT2D eigenvalue weighted by atomic mass is 16.1. The third-order valence-electron chi connectivity index (χ3n) is 6.18. The maximum atomic E-state index is 11.7. The Labute approximate surface area is 140 Å². The lowest BCUT2D eigenvalue weighted by molar-refractivity contribution is -0.119. The highest BCUT2D eigenvalue weighted by molar-refractivity contribution is 5.81. The van der Waals surface area contributed by atoms with Gasteiger partial charge >= 0.3 is 0 Å². The fourth-order valence-electron chi connectivity index (χ4n) is 4.68. The van der Waals surface area contributed by atoms with Crippen LogP contribution in [0, 0.1) is 17.3 Å². The zero-order valence-corrected chi connectivity index (χ0v) is 14.7. The molecular weight excluding hydrogens is 288 g/mol. The van der Waals surface area contributed by atoms with E-state index in [1.54, 1.807) is 0 Å². The second-order valence-electron chi connectivity index (χ2n) is 7.93. The first kappa shape index (κ1) is 16.6. The smallest absolute Gasteiger partial charge is 0.220 e.